The number of hydrogen-bond acceptors (Lipinski definition) is 4. The maximum Gasteiger partial charge on any atom is 0.437 e. The molecule has 0 saturated carbocycles. The van der Waals surface area contributed by atoms with Crippen molar-refractivity contribution < 1.29 is 22.5 Å². The van der Waals surface area contributed by atoms with E-state index in [4.69, 9.17) is 4.74 Å². The van der Waals surface area contributed by atoms with Crippen molar-refractivity contribution in [2.24, 2.45) is 0 Å². The molecule has 0 bridgehead atoms. The molecule has 142 valence electrons. The molecule has 0 amide bonds. The van der Waals surface area contributed by atoms with Crippen molar-refractivity contribution in [2.45, 2.75) is 44.7 Å². The van der Waals surface area contributed by atoms with E-state index in [-0.39, 0.29) is 17.5 Å². The Morgan fingerprint density at radius 3 is 2.27 bits per heavy atom. The van der Waals surface area contributed by atoms with Crippen molar-refractivity contribution in [3.8, 4) is 11.5 Å². The van der Waals surface area contributed by atoms with Gasteiger partial charge in [0.25, 0.3) is 0 Å². The Kier molecular flexibility index (Phi) is 6.21. The minimum atomic E-state index is -4.59. The molecule has 2 atom stereocenters. The largest absolute Gasteiger partial charge is 0.598 e. The third-order valence-corrected chi connectivity index (χ3v) is 5.17. The number of halogens is 3. The van der Waals surface area contributed by atoms with Crippen LogP contribution in [0.3, 0.4) is 0 Å². The second-order valence-corrected chi connectivity index (χ2v) is 8.74. The Hall–Kier alpha value is -1.77. The van der Waals surface area contributed by atoms with Crippen LogP contribution in [0.25, 0.3) is 0 Å². The van der Waals surface area contributed by atoms with Gasteiger partial charge in [-0.25, -0.2) is 4.98 Å². The summed E-state index contributed by atoms with van der Waals surface area (Å²) in [4.78, 5) is 3.35. The number of ether oxygens (including phenoxy) is 1. The van der Waals surface area contributed by atoms with Gasteiger partial charge in [0, 0.05) is 17.6 Å². The fourth-order valence-corrected chi connectivity index (χ4v) is 2.85. The summed E-state index contributed by atoms with van der Waals surface area (Å²) in [7, 11) is 0. The van der Waals surface area contributed by atoms with Crippen molar-refractivity contribution in [3.63, 3.8) is 0 Å². The van der Waals surface area contributed by atoms with Gasteiger partial charge in [0.2, 0.25) is 0 Å². The van der Waals surface area contributed by atoms with Gasteiger partial charge in [0.1, 0.15) is 10.5 Å². The average molecular weight is 386 g/mol. The number of alkyl halides is 3. The SMILES string of the molecule is CC(N[S+]([O-])C(C)(C)C)c1ccc(Oc2cccnc2C(F)(F)F)cc1. The molecule has 2 aromatic rings. The van der Waals surface area contributed by atoms with Gasteiger partial charge in [-0.1, -0.05) is 12.1 Å². The molecule has 0 aliphatic rings. The summed E-state index contributed by atoms with van der Waals surface area (Å²) in [6.07, 6.45) is -3.52. The van der Waals surface area contributed by atoms with Gasteiger partial charge in [0.15, 0.2) is 11.4 Å². The molecule has 2 rings (SSSR count). The fraction of sp³-hybridized carbons (Fsp3) is 0.389. The van der Waals surface area contributed by atoms with Crippen molar-refractivity contribution in [1.29, 1.82) is 0 Å². The van der Waals surface area contributed by atoms with E-state index in [1.54, 1.807) is 24.3 Å². The molecule has 1 aromatic heterocycles. The Bertz CT molecular complexity index is 730. The number of nitrogens with one attached hydrogen (secondary N) is 1. The van der Waals surface area contributed by atoms with Crippen LogP contribution in [0, 0.1) is 0 Å². The van der Waals surface area contributed by atoms with Crippen molar-refractivity contribution in [1.82, 2.24) is 9.71 Å². The first-order chi connectivity index (χ1) is 12.0. The Morgan fingerprint density at radius 1 is 1.12 bits per heavy atom. The highest BCUT2D eigenvalue weighted by Gasteiger charge is 2.36. The van der Waals surface area contributed by atoms with Crippen LogP contribution in [0.4, 0.5) is 13.2 Å². The third-order valence-electron chi connectivity index (χ3n) is 3.49. The standard InChI is InChI=1S/C18H21F3N2O2S/c1-12(23-26(24)17(2,3)4)13-7-9-14(10-8-13)25-15-6-5-11-22-16(15)18(19,20)21/h5-12,23H,1-4H3. The zero-order valence-corrected chi connectivity index (χ0v) is 15.7. The van der Waals surface area contributed by atoms with E-state index in [9.17, 15) is 17.7 Å². The lowest BCUT2D eigenvalue weighted by Crippen LogP contribution is -2.40. The van der Waals surface area contributed by atoms with Gasteiger partial charge in [0.05, 0.1) is 6.04 Å². The minimum Gasteiger partial charge on any atom is -0.598 e. The molecule has 0 radical (unpaired) electrons. The smallest absolute Gasteiger partial charge is 0.437 e. The molecule has 0 aliphatic heterocycles. The van der Waals surface area contributed by atoms with Crippen LogP contribution in [-0.2, 0) is 17.5 Å². The monoisotopic (exact) mass is 386 g/mol. The first kappa shape index (κ1) is 20.5. The summed E-state index contributed by atoms with van der Waals surface area (Å²) in [5.74, 6) is -0.0934. The number of benzene rings is 1. The predicted molar refractivity (Wildman–Crippen MR) is 95.2 cm³/mol. The maximum absolute atomic E-state index is 13.0. The molecule has 2 unspecified atom stereocenters. The summed E-state index contributed by atoms with van der Waals surface area (Å²) >= 11 is -1.23. The minimum absolute atomic E-state index is 0.187. The fourth-order valence-electron chi connectivity index (χ4n) is 2.04. The number of rotatable bonds is 5. The molecule has 8 heteroatoms. The van der Waals surface area contributed by atoms with Crippen LogP contribution in [0.15, 0.2) is 42.6 Å². The van der Waals surface area contributed by atoms with E-state index >= 15 is 0 Å². The molecule has 4 nitrogen and oxygen atoms in total. The molecule has 26 heavy (non-hydrogen) atoms. The summed E-state index contributed by atoms with van der Waals surface area (Å²) in [6, 6.07) is 9.00. The number of hydrogen-bond donors (Lipinski definition) is 1. The molecule has 0 aliphatic carbocycles. The summed E-state index contributed by atoms with van der Waals surface area (Å²) < 4.78 is 59.0. The van der Waals surface area contributed by atoms with Crippen LogP contribution in [-0.4, -0.2) is 14.3 Å². The second-order valence-electron chi connectivity index (χ2n) is 6.74. The molecule has 1 heterocycles. The van der Waals surface area contributed by atoms with Crippen molar-refractivity contribution in [3.05, 3.63) is 53.9 Å². The van der Waals surface area contributed by atoms with Crippen LogP contribution in [0.5, 0.6) is 11.5 Å². The summed E-state index contributed by atoms with van der Waals surface area (Å²) in [6.45, 7) is 7.46. The van der Waals surface area contributed by atoms with E-state index in [0.717, 1.165) is 11.8 Å². The second kappa shape index (κ2) is 7.85. The van der Waals surface area contributed by atoms with E-state index in [1.807, 2.05) is 27.7 Å². The van der Waals surface area contributed by atoms with E-state index < -0.39 is 28.0 Å². The molecule has 0 saturated heterocycles. The highest BCUT2D eigenvalue weighted by molar-refractivity contribution is 7.90. The molecular formula is C18H21F3N2O2S. The van der Waals surface area contributed by atoms with Gasteiger partial charge < -0.3 is 9.29 Å². The average Bonchev–Trinajstić information content (AvgIpc) is 2.54. The van der Waals surface area contributed by atoms with Crippen LogP contribution in [0.2, 0.25) is 0 Å². The molecule has 0 spiro atoms. The van der Waals surface area contributed by atoms with Gasteiger partial charge >= 0.3 is 6.18 Å². The zero-order valence-electron chi connectivity index (χ0n) is 14.9. The Labute approximate surface area is 154 Å². The molecule has 1 N–H and O–H groups in total. The predicted octanol–water partition coefficient (Wildman–Crippen LogP) is 5.01. The van der Waals surface area contributed by atoms with Gasteiger partial charge in [-0.2, -0.15) is 13.2 Å². The molecular weight excluding hydrogens is 365 g/mol. The van der Waals surface area contributed by atoms with Gasteiger partial charge in [-0.3, -0.25) is 0 Å². The quantitative estimate of drug-likeness (QED) is 0.734. The topological polar surface area (TPSA) is 57.2 Å². The third kappa shape index (κ3) is 5.36. The normalized spacial score (nSPS) is 14.8. The highest BCUT2D eigenvalue weighted by Crippen LogP contribution is 2.36. The van der Waals surface area contributed by atoms with Crippen LogP contribution in [0.1, 0.15) is 45.0 Å². The summed E-state index contributed by atoms with van der Waals surface area (Å²) in [5.41, 5.74) is -0.225. The first-order valence-electron chi connectivity index (χ1n) is 7.96. The van der Waals surface area contributed by atoms with Crippen molar-refractivity contribution >= 4 is 11.4 Å². The van der Waals surface area contributed by atoms with E-state index in [2.05, 4.69) is 9.71 Å². The van der Waals surface area contributed by atoms with E-state index in [1.165, 1.54) is 12.1 Å². The van der Waals surface area contributed by atoms with Crippen LogP contribution < -0.4 is 9.46 Å². The Morgan fingerprint density at radius 2 is 1.73 bits per heavy atom. The molecule has 1 aromatic carbocycles. The number of pyridine rings is 1. The molecule has 0 fully saturated rings. The number of nitrogens with zero attached hydrogens (tertiary/aromatic N) is 1. The van der Waals surface area contributed by atoms with E-state index in [0.29, 0.717) is 0 Å². The Balaban J connectivity index is 2.11. The van der Waals surface area contributed by atoms with Crippen molar-refractivity contribution in [2.75, 3.05) is 0 Å². The lowest BCUT2D eigenvalue weighted by Gasteiger charge is -2.26. The first-order valence-corrected chi connectivity index (χ1v) is 9.11. The van der Waals surface area contributed by atoms with Gasteiger partial charge in [-0.05, 0) is 57.5 Å². The lowest BCUT2D eigenvalue weighted by molar-refractivity contribution is -0.142. The van der Waals surface area contributed by atoms with Crippen LogP contribution >= 0.6 is 0 Å². The van der Waals surface area contributed by atoms with Gasteiger partial charge in [-0.15, -0.1) is 4.72 Å². The number of aromatic nitrogens is 1. The maximum atomic E-state index is 13.0. The summed E-state index contributed by atoms with van der Waals surface area (Å²) in [5, 5.41) is 0. The lowest BCUT2D eigenvalue weighted by atomic mass is 10.1. The highest BCUT2D eigenvalue weighted by atomic mass is 32.2. The zero-order chi connectivity index (χ0) is 19.5.